The van der Waals surface area contributed by atoms with E-state index < -0.39 is 29.6 Å². The number of carboxylic acid groups (broad SMARTS) is 1. The highest BCUT2D eigenvalue weighted by molar-refractivity contribution is 8.00. The Labute approximate surface area is 156 Å². The van der Waals surface area contributed by atoms with Gasteiger partial charge in [0.2, 0.25) is 11.8 Å². The molecule has 0 bridgehead atoms. The van der Waals surface area contributed by atoms with Gasteiger partial charge < -0.3 is 9.84 Å². The second kappa shape index (κ2) is 7.75. The zero-order valence-electron chi connectivity index (χ0n) is 13.7. The largest absolute Gasteiger partial charge is 0.478 e. The van der Waals surface area contributed by atoms with Gasteiger partial charge in [0.15, 0.2) is 0 Å². The van der Waals surface area contributed by atoms with E-state index in [9.17, 15) is 28.3 Å². The monoisotopic (exact) mass is 393 g/mol. The van der Waals surface area contributed by atoms with Gasteiger partial charge in [-0.15, -0.1) is 11.8 Å². The highest BCUT2D eigenvalue weighted by Crippen LogP contribution is 2.38. The number of rotatable bonds is 6. The predicted molar refractivity (Wildman–Crippen MR) is 93.2 cm³/mol. The molecule has 0 radical (unpaired) electrons. The third-order valence-corrected chi connectivity index (χ3v) is 5.08. The standard InChI is InChI=1S/C18H13F2NO5S/c19-18(20)26-12-7-3-2-6-11(12)21-15(22)9-14(16(21)23)27-13-8-4-1-5-10(13)17(24)25/h1-8,14,18H,9H2,(H,24,25)/t14-/m1/s1. The fourth-order valence-corrected chi connectivity index (χ4v) is 3.86. The zero-order valence-corrected chi connectivity index (χ0v) is 14.5. The molecule has 1 N–H and O–H groups in total. The number of hydrogen-bond donors (Lipinski definition) is 1. The molecule has 0 aromatic heterocycles. The van der Waals surface area contributed by atoms with Crippen LogP contribution in [0.25, 0.3) is 0 Å². The third-order valence-electron chi connectivity index (χ3n) is 3.81. The molecule has 0 unspecified atom stereocenters. The first-order valence-electron chi connectivity index (χ1n) is 7.78. The number of amides is 2. The molecule has 1 aliphatic heterocycles. The minimum absolute atomic E-state index is 0.0163. The lowest BCUT2D eigenvalue weighted by molar-refractivity contribution is -0.121. The molecule has 2 aromatic rings. The van der Waals surface area contributed by atoms with Crippen LogP contribution in [-0.4, -0.2) is 34.8 Å². The number of hydrogen-bond acceptors (Lipinski definition) is 5. The fraction of sp³-hybridized carbons (Fsp3) is 0.167. The Morgan fingerprint density at radius 1 is 1.15 bits per heavy atom. The summed E-state index contributed by atoms with van der Waals surface area (Å²) in [7, 11) is 0. The Morgan fingerprint density at radius 2 is 1.81 bits per heavy atom. The van der Waals surface area contributed by atoms with Crippen LogP contribution in [0.5, 0.6) is 5.75 Å². The summed E-state index contributed by atoms with van der Waals surface area (Å²) in [6.07, 6.45) is -0.180. The van der Waals surface area contributed by atoms with E-state index in [1.165, 1.54) is 30.3 Å². The molecule has 2 amide bonds. The number of alkyl halides is 2. The van der Waals surface area contributed by atoms with Gasteiger partial charge in [0.05, 0.1) is 16.5 Å². The van der Waals surface area contributed by atoms with Crippen LogP contribution in [0.4, 0.5) is 14.5 Å². The normalized spacial score (nSPS) is 16.9. The summed E-state index contributed by atoms with van der Waals surface area (Å²) in [6.45, 7) is -3.11. The van der Waals surface area contributed by atoms with Gasteiger partial charge in [-0.1, -0.05) is 24.3 Å². The number of imide groups is 1. The molecule has 2 aromatic carbocycles. The third kappa shape index (κ3) is 3.92. The van der Waals surface area contributed by atoms with Gasteiger partial charge in [-0.25, -0.2) is 9.69 Å². The Balaban J connectivity index is 1.88. The van der Waals surface area contributed by atoms with Crippen molar-refractivity contribution in [2.45, 2.75) is 23.2 Å². The smallest absolute Gasteiger partial charge is 0.387 e. The number of aromatic carboxylic acids is 1. The van der Waals surface area contributed by atoms with Crippen LogP contribution in [-0.2, 0) is 9.59 Å². The lowest BCUT2D eigenvalue weighted by atomic mass is 10.2. The summed E-state index contributed by atoms with van der Waals surface area (Å²) in [5.41, 5.74) is -0.0509. The fourth-order valence-electron chi connectivity index (χ4n) is 2.69. The van der Waals surface area contributed by atoms with Crippen molar-refractivity contribution in [2.75, 3.05) is 4.90 Å². The molecule has 1 saturated heterocycles. The molecule has 3 rings (SSSR count). The summed E-state index contributed by atoms with van der Waals surface area (Å²) in [4.78, 5) is 37.6. The van der Waals surface area contributed by atoms with E-state index in [1.807, 2.05) is 0 Å². The van der Waals surface area contributed by atoms with Crippen LogP contribution in [0.1, 0.15) is 16.8 Å². The summed E-state index contributed by atoms with van der Waals surface area (Å²) in [5, 5.41) is 8.38. The molecule has 1 heterocycles. The van der Waals surface area contributed by atoms with E-state index in [1.54, 1.807) is 18.2 Å². The van der Waals surface area contributed by atoms with E-state index >= 15 is 0 Å². The Hall–Kier alpha value is -2.94. The van der Waals surface area contributed by atoms with Crippen LogP contribution in [0.2, 0.25) is 0 Å². The number of thioether (sulfide) groups is 1. The van der Waals surface area contributed by atoms with Gasteiger partial charge in [0, 0.05) is 11.3 Å². The van der Waals surface area contributed by atoms with Gasteiger partial charge in [-0.05, 0) is 24.3 Å². The number of ether oxygens (including phenoxy) is 1. The molecule has 1 atom stereocenters. The molecule has 1 aliphatic rings. The molecule has 9 heteroatoms. The predicted octanol–water partition coefficient (Wildman–Crippen LogP) is 3.41. The molecule has 1 fully saturated rings. The quantitative estimate of drug-likeness (QED) is 0.758. The van der Waals surface area contributed by atoms with E-state index in [4.69, 9.17) is 0 Å². The second-order valence-corrected chi connectivity index (χ2v) is 6.77. The number of benzene rings is 2. The van der Waals surface area contributed by atoms with Crippen molar-refractivity contribution in [2.24, 2.45) is 0 Å². The van der Waals surface area contributed by atoms with Gasteiger partial charge in [0.25, 0.3) is 0 Å². The maximum Gasteiger partial charge on any atom is 0.387 e. The van der Waals surface area contributed by atoms with E-state index in [0.29, 0.717) is 4.90 Å². The van der Waals surface area contributed by atoms with Crippen molar-refractivity contribution in [3.8, 4) is 5.75 Å². The molecule has 27 heavy (non-hydrogen) atoms. The first-order valence-corrected chi connectivity index (χ1v) is 8.66. The van der Waals surface area contributed by atoms with E-state index in [0.717, 1.165) is 16.7 Å². The van der Waals surface area contributed by atoms with Crippen LogP contribution in [0.15, 0.2) is 53.4 Å². The van der Waals surface area contributed by atoms with Gasteiger partial charge in [-0.3, -0.25) is 9.59 Å². The summed E-state index contributed by atoms with van der Waals surface area (Å²) in [5.74, 6) is -2.63. The Bertz CT molecular complexity index is 905. The lowest BCUT2D eigenvalue weighted by Gasteiger charge is -2.18. The van der Waals surface area contributed by atoms with Crippen molar-refractivity contribution in [3.05, 3.63) is 54.1 Å². The average Bonchev–Trinajstić information content (AvgIpc) is 2.89. The number of carboxylic acids is 1. The first-order chi connectivity index (χ1) is 12.9. The van der Waals surface area contributed by atoms with Crippen molar-refractivity contribution in [1.82, 2.24) is 0 Å². The minimum Gasteiger partial charge on any atom is -0.478 e. The van der Waals surface area contributed by atoms with Gasteiger partial charge in [-0.2, -0.15) is 8.78 Å². The molecule has 0 spiro atoms. The van der Waals surface area contributed by atoms with Crippen molar-refractivity contribution < 1.29 is 33.0 Å². The van der Waals surface area contributed by atoms with Crippen LogP contribution in [0.3, 0.4) is 0 Å². The highest BCUT2D eigenvalue weighted by Gasteiger charge is 2.41. The first kappa shape index (κ1) is 18.8. The number of para-hydroxylation sites is 2. The summed E-state index contributed by atoms with van der Waals surface area (Å²) in [6, 6.07) is 11.6. The number of anilines is 1. The molecular weight excluding hydrogens is 380 g/mol. The van der Waals surface area contributed by atoms with Crippen LogP contribution < -0.4 is 9.64 Å². The Kier molecular flexibility index (Phi) is 5.41. The number of nitrogens with zero attached hydrogens (tertiary/aromatic N) is 1. The van der Waals surface area contributed by atoms with E-state index in [2.05, 4.69) is 4.74 Å². The number of carbonyl (C=O) groups is 3. The molecule has 6 nitrogen and oxygen atoms in total. The van der Waals surface area contributed by atoms with Crippen molar-refractivity contribution in [1.29, 1.82) is 0 Å². The summed E-state index contributed by atoms with van der Waals surface area (Å²) < 4.78 is 29.6. The topological polar surface area (TPSA) is 83.9 Å². The molecule has 0 aliphatic carbocycles. The average molecular weight is 393 g/mol. The van der Waals surface area contributed by atoms with Gasteiger partial charge >= 0.3 is 12.6 Å². The maximum atomic E-state index is 12.7. The number of halogens is 2. The zero-order chi connectivity index (χ0) is 19.6. The van der Waals surface area contributed by atoms with Crippen molar-refractivity contribution >= 4 is 35.2 Å². The maximum absolute atomic E-state index is 12.7. The number of carbonyl (C=O) groups excluding carboxylic acids is 2. The second-order valence-electron chi connectivity index (χ2n) is 5.53. The lowest BCUT2D eigenvalue weighted by Crippen LogP contribution is -2.31. The SMILES string of the molecule is O=C(O)c1ccccc1S[C@@H]1CC(=O)N(c2ccccc2OC(F)F)C1=O. The molecular formula is C18H13F2NO5S. The van der Waals surface area contributed by atoms with Crippen LogP contribution in [0, 0.1) is 0 Å². The minimum atomic E-state index is -3.11. The summed E-state index contributed by atoms with van der Waals surface area (Å²) >= 11 is 0.954. The van der Waals surface area contributed by atoms with Crippen LogP contribution >= 0.6 is 11.8 Å². The molecule has 140 valence electrons. The van der Waals surface area contributed by atoms with Crippen molar-refractivity contribution in [3.63, 3.8) is 0 Å². The van der Waals surface area contributed by atoms with E-state index in [-0.39, 0.29) is 23.4 Å². The Morgan fingerprint density at radius 3 is 2.52 bits per heavy atom. The van der Waals surface area contributed by atoms with Gasteiger partial charge in [0.1, 0.15) is 5.75 Å². The highest BCUT2D eigenvalue weighted by atomic mass is 32.2. The molecule has 0 saturated carbocycles.